The molecule has 0 aromatic carbocycles. The number of ether oxygens (including phenoxy) is 11. The summed E-state index contributed by atoms with van der Waals surface area (Å²) in [5.74, 6) is -2.31. The van der Waals surface area contributed by atoms with Crippen molar-refractivity contribution in [2.24, 2.45) is 68.5 Å². The lowest BCUT2D eigenvalue weighted by Crippen LogP contribution is -2.39. The molecule has 5 heterocycles. The highest BCUT2D eigenvalue weighted by Gasteiger charge is 2.65. The van der Waals surface area contributed by atoms with Crippen LogP contribution in [-0.2, 0) is 110 Å². The predicted octanol–water partition coefficient (Wildman–Crippen LogP) is 8.35. The van der Waals surface area contributed by atoms with Gasteiger partial charge in [0.15, 0.2) is 6.61 Å². The zero-order chi connectivity index (χ0) is 66.3. The molecule has 0 aromatic heterocycles. The molecular formula is C66H98O23. The molecule has 5 aliphatic heterocycles. The number of rotatable bonds is 20. The van der Waals surface area contributed by atoms with E-state index in [1.165, 1.54) is 0 Å². The van der Waals surface area contributed by atoms with E-state index in [0.717, 1.165) is 57.8 Å². The van der Waals surface area contributed by atoms with Crippen LogP contribution in [0.5, 0.6) is 0 Å². The SMILES string of the molecule is CCC(C)(C)C(=O)CCC(=O)OC1CCOC1=O.CCC(C)(C)C(=O)OC1C2CC3C(=O)OC1C3C2.CCC(C)(C)C(=O)OC1CCC2CC1OC2=O.CCC(C)(C)C(=O)OC1CCOC1=O.CCC(C)(C)C(=O)OCC(=O)OC1C2CC3C(=O)OC1C3C2. The fourth-order valence-corrected chi connectivity index (χ4v) is 12.0. The highest BCUT2D eigenvalue weighted by molar-refractivity contribution is 5.88. The summed E-state index contributed by atoms with van der Waals surface area (Å²) in [4.78, 5) is 139. The number of cyclic esters (lactones) is 2. The Kier molecular flexibility index (Phi) is 23.8. The lowest BCUT2D eigenvalue weighted by atomic mass is 9.83. The lowest BCUT2D eigenvalue weighted by molar-refractivity contribution is -0.172. The van der Waals surface area contributed by atoms with E-state index < -0.39 is 69.1 Å². The molecule has 5 aliphatic carbocycles. The zero-order valence-corrected chi connectivity index (χ0v) is 55.0. The first-order valence-corrected chi connectivity index (χ1v) is 32.2. The second-order valence-corrected chi connectivity index (χ2v) is 28.5. The minimum absolute atomic E-state index is 0.00636. The Hall–Kier alpha value is -6.16. The second-order valence-electron chi connectivity index (χ2n) is 28.5. The van der Waals surface area contributed by atoms with Gasteiger partial charge in [-0.1, -0.05) is 48.5 Å². The van der Waals surface area contributed by atoms with Crippen molar-refractivity contribution in [1.29, 1.82) is 0 Å². The third-order valence-corrected chi connectivity index (χ3v) is 20.5. The van der Waals surface area contributed by atoms with Crippen LogP contribution in [0.1, 0.15) is 207 Å². The van der Waals surface area contributed by atoms with Gasteiger partial charge in [-0.05, 0) is 126 Å². The van der Waals surface area contributed by atoms with E-state index in [1.54, 1.807) is 27.7 Å². The van der Waals surface area contributed by atoms with E-state index >= 15 is 0 Å². The number of fused-ring (bicyclic) bond motifs is 4. The van der Waals surface area contributed by atoms with Gasteiger partial charge in [0.2, 0.25) is 12.2 Å². The van der Waals surface area contributed by atoms with Crippen molar-refractivity contribution in [3.8, 4) is 0 Å². The summed E-state index contributed by atoms with van der Waals surface area (Å²) in [6, 6.07) is 0. The Bertz CT molecular complexity index is 2650. The van der Waals surface area contributed by atoms with E-state index in [0.29, 0.717) is 57.2 Å². The summed E-state index contributed by atoms with van der Waals surface area (Å²) in [6.45, 7) is 28.3. The molecule has 5 saturated heterocycles. The molecular weight excluding hydrogens is 1160 g/mol. The standard InChI is InChI=1S/C16H22O6.C14H20O4.C13H20O5.C13H20O4.C10H16O4/c1-4-16(2,3)15(19)20-7-11(17)21-12-8-5-9-10(6-8)14(18)22-13(9)12;1-4-14(2,3)13(16)18-10-7-5-8-9(6-7)12(15)17-11(8)10;1-4-13(2,3)10(14)5-6-11(15)18-9-7-8-17-12(9)16;1-4-13(2,3)12(15)17-9-6-5-8-7-10(9)16-11(8)14;1-4-10(2,3)9(12)14-7-5-6-13-8(7)11/h8-10,12-13H,4-7H2,1-3H3;7-11H,4-6H2,1-3H3;9H,4-8H2,1-3H3;8-10H,4-7H2,1-3H3;7H,4-6H2,1-3H3. The van der Waals surface area contributed by atoms with Crippen LogP contribution in [0.15, 0.2) is 0 Å². The predicted molar refractivity (Wildman–Crippen MR) is 313 cm³/mol. The molecule has 89 heavy (non-hydrogen) atoms. The first-order valence-electron chi connectivity index (χ1n) is 32.2. The zero-order valence-electron chi connectivity index (χ0n) is 55.0. The normalized spacial score (nSPS) is 30.6. The van der Waals surface area contributed by atoms with E-state index in [9.17, 15) is 57.5 Å². The highest BCUT2D eigenvalue weighted by atomic mass is 16.6. The largest absolute Gasteiger partial charge is 0.463 e. The molecule has 5 saturated carbocycles. The first-order chi connectivity index (χ1) is 41.5. The number of carbonyl (C=O) groups excluding carboxylic acids is 12. The summed E-state index contributed by atoms with van der Waals surface area (Å²) in [5, 5.41) is 0. The molecule has 23 heteroatoms. The third-order valence-electron chi connectivity index (χ3n) is 20.5. The Morgan fingerprint density at radius 2 is 0.865 bits per heavy atom. The van der Waals surface area contributed by atoms with Crippen LogP contribution in [0.4, 0.5) is 0 Å². The van der Waals surface area contributed by atoms with Crippen molar-refractivity contribution in [2.45, 2.75) is 255 Å². The number of esters is 11. The minimum atomic E-state index is -0.785. The Morgan fingerprint density at radius 1 is 0.427 bits per heavy atom. The van der Waals surface area contributed by atoms with Crippen LogP contribution in [0.25, 0.3) is 0 Å². The highest BCUT2D eigenvalue weighted by Crippen LogP contribution is 2.57. The van der Waals surface area contributed by atoms with Crippen LogP contribution in [-0.4, -0.2) is 140 Å². The summed E-state index contributed by atoms with van der Waals surface area (Å²) in [6.07, 6.45) is 7.29. The van der Waals surface area contributed by atoms with Crippen molar-refractivity contribution < 1.29 is 110 Å². The van der Waals surface area contributed by atoms with Gasteiger partial charge >= 0.3 is 65.7 Å². The number of Topliss-reactive ketones (excluding diaryl/α,β-unsaturated/α-hetero) is 1. The fourth-order valence-electron chi connectivity index (χ4n) is 12.0. The molecule has 0 aromatic rings. The lowest BCUT2D eigenvalue weighted by Gasteiger charge is -2.29. The summed E-state index contributed by atoms with van der Waals surface area (Å²) < 4.78 is 57.0. The number of ketones is 1. The van der Waals surface area contributed by atoms with Gasteiger partial charge in [-0.3, -0.25) is 43.2 Å². The van der Waals surface area contributed by atoms with Gasteiger partial charge in [0.05, 0.1) is 59.0 Å². The van der Waals surface area contributed by atoms with Crippen LogP contribution >= 0.6 is 0 Å². The topological polar surface area (TPSA) is 306 Å². The molecule has 0 amide bonds. The average molecular weight is 1260 g/mol. The molecule has 10 aliphatic rings. The van der Waals surface area contributed by atoms with Gasteiger partial charge in [0.25, 0.3) is 0 Å². The number of hydrogen-bond acceptors (Lipinski definition) is 23. The molecule has 500 valence electrons. The molecule has 0 N–H and O–H groups in total. The van der Waals surface area contributed by atoms with Crippen LogP contribution in [0.2, 0.25) is 0 Å². The summed E-state index contributed by atoms with van der Waals surface area (Å²) >= 11 is 0. The van der Waals surface area contributed by atoms with Crippen molar-refractivity contribution in [1.82, 2.24) is 0 Å². The Morgan fingerprint density at radius 3 is 1.33 bits per heavy atom. The van der Waals surface area contributed by atoms with Gasteiger partial charge in [-0.15, -0.1) is 0 Å². The van der Waals surface area contributed by atoms with Crippen LogP contribution < -0.4 is 0 Å². The molecule has 15 unspecified atom stereocenters. The van der Waals surface area contributed by atoms with Gasteiger partial charge in [-0.2, -0.15) is 0 Å². The molecule has 0 radical (unpaired) electrons. The van der Waals surface area contributed by atoms with E-state index in [-0.39, 0.29) is 127 Å². The summed E-state index contributed by atoms with van der Waals surface area (Å²) in [7, 11) is 0. The first kappa shape index (κ1) is 71.9. The van der Waals surface area contributed by atoms with Gasteiger partial charge in [0, 0.05) is 54.8 Å². The molecule has 0 spiro atoms. The maximum absolute atomic E-state index is 12.1. The van der Waals surface area contributed by atoms with Crippen LogP contribution in [0.3, 0.4) is 0 Å². The smallest absolute Gasteiger partial charge is 0.347 e. The van der Waals surface area contributed by atoms with Crippen molar-refractivity contribution in [2.75, 3.05) is 19.8 Å². The van der Waals surface area contributed by atoms with E-state index in [2.05, 4.69) is 4.74 Å². The fraction of sp³-hybridized carbons (Fsp3) is 0.818. The monoisotopic (exact) mass is 1260 g/mol. The van der Waals surface area contributed by atoms with E-state index in [1.807, 2.05) is 76.2 Å². The van der Waals surface area contributed by atoms with Crippen molar-refractivity contribution >= 4 is 71.4 Å². The van der Waals surface area contributed by atoms with Gasteiger partial charge in [-0.25, -0.2) is 14.4 Å². The maximum Gasteiger partial charge on any atom is 0.347 e. The third kappa shape index (κ3) is 17.3. The molecule has 10 rings (SSSR count). The van der Waals surface area contributed by atoms with Crippen molar-refractivity contribution in [3.63, 3.8) is 0 Å². The molecule has 23 nitrogen and oxygen atoms in total. The number of carbonyl (C=O) groups is 12. The second kappa shape index (κ2) is 29.4. The Balaban J connectivity index is 0.000000179. The number of hydrogen-bond donors (Lipinski definition) is 0. The van der Waals surface area contributed by atoms with Gasteiger partial charge < -0.3 is 52.1 Å². The maximum atomic E-state index is 12.1. The van der Waals surface area contributed by atoms with Gasteiger partial charge in [0.1, 0.15) is 42.4 Å². The van der Waals surface area contributed by atoms with Crippen LogP contribution in [0, 0.1) is 68.5 Å². The molecule has 15 atom stereocenters. The van der Waals surface area contributed by atoms with E-state index in [4.69, 9.17) is 47.4 Å². The quantitative estimate of drug-likeness (QED) is 0.0816. The molecule has 6 bridgehead atoms. The average Bonchev–Trinajstić information content (AvgIpc) is 1.59. The summed E-state index contributed by atoms with van der Waals surface area (Å²) in [5.41, 5.74) is -2.46. The van der Waals surface area contributed by atoms with Crippen molar-refractivity contribution in [3.05, 3.63) is 0 Å². The molecule has 10 fully saturated rings. The minimum Gasteiger partial charge on any atom is -0.463 e. The Labute approximate surface area is 523 Å².